The minimum absolute atomic E-state index is 0.0779. The molecule has 14 heavy (non-hydrogen) atoms. The molecule has 0 aliphatic rings. The van der Waals surface area contributed by atoms with E-state index < -0.39 is 12.7 Å². The number of rotatable bonds is 5. The molecular weight excluding hydrogens is 195 g/mol. The van der Waals surface area contributed by atoms with Gasteiger partial charge in [0.25, 0.3) is 0 Å². The average molecular weight is 211 g/mol. The summed E-state index contributed by atoms with van der Waals surface area (Å²) in [5, 5.41) is 7.02. The van der Waals surface area contributed by atoms with E-state index >= 15 is 0 Å². The van der Waals surface area contributed by atoms with Crippen molar-refractivity contribution in [1.29, 1.82) is 5.41 Å². The highest BCUT2D eigenvalue weighted by Gasteiger charge is 2.31. The highest BCUT2D eigenvalue weighted by atomic mass is 19.4. The third kappa shape index (κ3) is 5.80. The monoisotopic (exact) mass is 211 g/mol. The third-order valence-electron chi connectivity index (χ3n) is 1.98. The first-order valence-electron chi connectivity index (χ1n) is 4.36. The Kier molecular flexibility index (Phi) is 4.90. The maximum atomic E-state index is 12.0. The molecule has 0 spiro atoms. The van der Waals surface area contributed by atoms with Crippen molar-refractivity contribution in [3.63, 3.8) is 0 Å². The van der Waals surface area contributed by atoms with Gasteiger partial charge in [-0.25, -0.2) is 0 Å². The normalized spacial score (nSPS) is 14.4. The number of nitrogens with zero attached hydrogens (tertiary/aromatic N) is 1. The highest BCUT2D eigenvalue weighted by Crippen LogP contribution is 2.18. The Balaban J connectivity index is 4.17. The Morgan fingerprint density at radius 2 is 2.00 bits per heavy atom. The SMILES string of the molecule is CCC(CC(=N)N)N(C)CC(F)(F)F. The first-order valence-corrected chi connectivity index (χ1v) is 4.36. The van der Waals surface area contributed by atoms with Gasteiger partial charge in [0.1, 0.15) is 0 Å². The van der Waals surface area contributed by atoms with Crippen molar-refractivity contribution >= 4 is 5.84 Å². The molecule has 84 valence electrons. The summed E-state index contributed by atoms with van der Waals surface area (Å²) in [5.74, 6) is -0.0779. The first-order chi connectivity index (χ1) is 6.26. The van der Waals surface area contributed by atoms with Crippen LogP contribution in [-0.4, -0.2) is 36.5 Å². The molecule has 0 heterocycles. The van der Waals surface area contributed by atoms with Crippen LogP contribution in [0, 0.1) is 5.41 Å². The smallest absolute Gasteiger partial charge is 0.388 e. The molecule has 0 aromatic heterocycles. The second-order valence-electron chi connectivity index (χ2n) is 3.32. The molecule has 0 bridgehead atoms. The largest absolute Gasteiger partial charge is 0.401 e. The summed E-state index contributed by atoms with van der Waals surface area (Å²) in [5.41, 5.74) is 5.15. The molecule has 0 aromatic rings. The van der Waals surface area contributed by atoms with Gasteiger partial charge in [-0.2, -0.15) is 13.2 Å². The fourth-order valence-electron chi connectivity index (χ4n) is 1.28. The second-order valence-corrected chi connectivity index (χ2v) is 3.32. The number of halogens is 3. The molecule has 0 radical (unpaired) electrons. The van der Waals surface area contributed by atoms with Crippen molar-refractivity contribution in [2.24, 2.45) is 5.73 Å². The van der Waals surface area contributed by atoms with Gasteiger partial charge < -0.3 is 5.73 Å². The summed E-state index contributed by atoms with van der Waals surface area (Å²) < 4.78 is 36.0. The number of nitrogens with one attached hydrogen (secondary N) is 1. The van der Waals surface area contributed by atoms with Crippen LogP contribution >= 0.6 is 0 Å². The molecule has 0 aliphatic carbocycles. The van der Waals surface area contributed by atoms with Crippen LogP contribution in [0.25, 0.3) is 0 Å². The van der Waals surface area contributed by atoms with E-state index in [4.69, 9.17) is 11.1 Å². The minimum atomic E-state index is -4.20. The van der Waals surface area contributed by atoms with Crippen LogP contribution in [0.5, 0.6) is 0 Å². The quantitative estimate of drug-likeness (QED) is 0.536. The van der Waals surface area contributed by atoms with Gasteiger partial charge >= 0.3 is 6.18 Å². The number of alkyl halides is 3. The average Bonchev–Trinajstić information content (AvgIpc) is 1.96. The molecule has 0 fully saturated rings. The van der Waals surface area contributed by atoms with Gasteiger partial charge in [0.2, 0.25) is 0 Å². The van der Waals surface area contributed by atoms with Crippen LogP contribution < -0.4 is 5.73 Å². The van der Waals surface area contributed by atoms with Crippen molar-refractivity contribution in [1.82, 2.24) is 4.90 Å². The lowest BCUT2D eigenvalue weighted by Gasteiger charge is -2.27. The lowest BCUT2D eigenvalue weighted by atomic mass is 10.1. The molecule has 1 atom stereocenters. The predicted octanol–water partition coefficient (Wildman–Crippen LogP) is 1.59. The van der Waals surface area contributed by atoms with E-state index in [1.54, 1.807) is 6.92 Å². The molecule has 3 nitrogen and oxygen atoms in total. The summed E-state index contributed by atoms with van der Waals surface area (Å²) >= 11 is 0. The molecule has 0 saturated carbocycles. The second kappa shape index (κ2) is 5.19. The van der Waals surface area contributed by atoms with Gasteiger partial charge in [-0.05, 0) is 13.5 Å². The van der Waals surface area contributed by atoms with Gasteiger partial charge in [0.15, 0.2) is 0 Å². The van der Waals surface area contributed by atoms with Gasteiger partial charge in [-0.1, -0.05) is 6.92 Å². The van der Waals surface area contributed by atoms with Crippen molar-refractivity contribution < 1.29 is 13.2 Å². The minimum Gasteiger partial charge on any atom is -0.388 e. The van der Waals surface area contributed by atoms with Gasteiger partial charge in [0, 0.05) is 12.5 Å². The van der Waals surface area contributed by atoms with Gasteiger partial charge in [0.05, 0.1) is 12.4 Å². The zero-order valence-electron chi connectivity index (χ0n) is 8.36. The van der Waals surface area contributed by atoms with Crippen molar-refractivity contribution in [3.05, 3.63) is 0 Å². The van der Waals surface area contributed by atoms with E-state index in [1.807, 2.05) is 0 Å². The fourth-order valence-corrected chi connectivity index (χ4v) is 1.28. The highest BCUT2D eigenvalue weighted by molar-refractivity contribution is 5.77. The Morgan fingerprint density at radius 1 is 1.50 bits per heavy atom. The van der Waals surface area contributed by atoms with Crippen molar-refractivity contribution in [2.75, 3.05) is 13.6 Å². The Hall–Kier alpha value is -0.780. The number of hydrogen-bond donors (Lipinski definition) is 2. The van der Waals surface area contributed by atoms with Crippen LogP contribution in [0.1, 0.15) is 19.8 Å². The number of amidine groups is 1. The lowest BCUT2D eigenvalue weighted by molar-refractivity contribution is -0.147. The lowest BCUT2D eigenvalue weighted by Crippen LogP contribution is -2.40. The molecule has 0 saturated heterocycles. The molecule has 0 amide bonds. The Labute approximate surface area is 81.6 Å². The van der Waals surface area contributed by atoms with Gasteiger partial charge in [-0.3, -0.25) is 10.3 Å². The zero-order valence-corrected chi connectivity index (χ0v) is 8.36. The van der Waals surface area contributed by atoms with Crippen LogP contribution in [0.3, 0.4) is 0 Å². The van der Waals surface area contributed by atoms with Crippen LogP contribution in [0.15, 0.2) is 0 Å². The Bertz CT molecular complexity index is 191. The maximum absolute atomic E-state index is 12.0. The molecule has 6 heteroatoms. The maximum Gasteiger partial charge on any atom is 0.401 e. The van der Waals surface area contributed by atoms with E-state index in [2.05, 4.69) is 0 Å². The summed E-state index contributed by atoms with van der Waals surface area (Å²) in [7, 11) is 1.39. The van der Waals surface area contributed by atoms with E-state index in [-0.39, 0.29) is 18.3 Å². The topological polar surface area (TPSA) is 53.1 Å². The van der Waals surface area contributed by atoms with E-state index in [1.165, 1.54) is 11.9 Å². The molecule has 3 N–H and O–H groups in total. The third-order valence-corrected chi connectivity index (χ3v) is 1.98. The fraction of sp³-hybridized carbons (Fsp3) is 0.875. The molecule has 1 unspecified atom stereocenters. The standard InChI is InChI=1S/C8H16F3N3/c1-3-6(4-7(12)13)14(2)5-8(9,10)11/h6H,3-5H2,1-2H3,(H3,12,13). The zero-order chi connectivity index (χ0) is 11.4. The predicted molar refractivity (Wildman–Crippen MR) is 49.3 cm³/mol. The van der Waals surface area contributed by atoms with Crippen LogP contribution in [-0.2, 0) is 0 Å². The summed E-state index contributed by atoms with van der Waals surface area (Å²) in [6, 6.07) is -0.311. The van der Waals surface area contributed by atoms with E-state index in [0.717, 1.165) is 0 Å². The summed E-state index contributed by atoms with van der Waals surface area (Å²) in [4.78, 5) is 1.18. The summed E-state index contributed by atoms with van der Waals surface area (Å²) in [6.45, 7) is 0.819. The van der Waals surface area contributed by atoms with Crippen LogP contribution in [0.2, 0.25) is 0 Å². The van der Waals surface area contributed by atoms with Crippen molar-refractivity contribution in [3.8, 4) is 0 Å². The first kappa shape index (κ1) is 13.2. The molecule has 0 aromatic carbocycles. The van der Waals surface area contributed by atoms with Crippen LogP contribution in [0.4, 0.5) is 13.2 Å². The molecule has 0 rings (SSSR count). The molecular formula is C8H16F3N3. The summed E-state index contributed by atoms with van der Waals surface area (Å²) in [6.07, 6.45) is -3.46. The van der Waals surface area contributed by atoms with Gasteiger partial charge in [-0.15, -0.1) is 0 Å². The van der Waals surface area contributed by atoms with Crippen molar-refractivity contribution in [2.45, 2.75) is 32.0 Å². The number of hydrogen-bond acceptors (Lipinski definition) is 2. The number of nitrogens with two attached hydrogens (primary N) is 1. The van der Waals surface area contributed by atoms with E-state index in [9.17, 15) is 13.2 Å². The molecule has 0 aliphatic heterocycles. The Morgan fingerprint density at radius 3 is 2.29 bits per heavy atom. The van der Waals surface area contributed by atoms with E-state index in [0.29, 0.717) is 6.42 Å².